The fraction of sp³-hybridized carbons (Fsp3) is 0.278. The summed E-state index contributed by atoms with van der Waals surface area (Å²) in [6, 6.07) is 4.96. The van der Waals surface area contributed by atoms with E-state index in [9.17, 15) is 9.59 Å². The van der Waals surface area contributed by atoms with Crippen molar-refractivity contribution in [1.82, 2.24) is 9.38 Å². The van der Waals surface area contributed by atoms with Gasteiger partial charge < -0.3 is 4.74 Å². The quantitative estimate of drug-likeness (QED) is 0.607. The maximum absolute atomic E-state index is 12.4. The van der Waals surface area contributed by atoms with Crippen LogP contribution in [0.5, 0.6) is 0 Å². The Morgan fingerprint density at radius 2 is 2.16 bits per heavy atom. The number of esters is 1. The summed E-state index contributed by atoms with van der Waals surface area (Å²) < 4.78 is 7.66. The van der Waals surface area contributed by atoms with Crippen molar-refractivity contribution in [3.05, 3.63) is 66.3 Å². The number of nitrogens with zero attached hydrogens (tertiary/aromatic N) is 2. The molecule has 0 radical (unpaired) electrons. The lowest BCUT2D eigenvalue weighted by molar-refractivity contribution is 0.0467. The molecule has 0 atom stereocenters. The Balaban J connectivity index is 1.54. The molecule has 0 aliphatic heterocycles. The molecule has 0 fully saturated rings. The number of pyridine rings is 1. The number of halogens is 1. The number of ether oxygens (including phenoxy) is 1. The van der Waals surface area contributed by atoms with Gasteiger partial charge in [0.1, 0.15) is 12.3 Å². The first-order valence-electron chi connectivity index (χ1n) is 8.06. The second kappa shape index (κ2) is 6.72. The summed E-state index contributed by atoms with van der Waals surface area (Å²) in [5, 5.41) is 1.89. The molecule has 0 aromatic carbocycles. The highest BCUT2D eigenvalue weighted by molar-refractivity contribution is 9.10. The highest BCUT2D eigenvalue weighted by Crippen LogP contribution is 2.30. The largest absolute Gasteiger partial charge is 0.456 e. The van der Waals surface area contributed by atoms with Gasteiger partial charge in [0, 0.05) is 27.0 Å². The third-order valence-electron chi connectivity index (χ3n) is 4.31. The Kier molecular flexibility index (Phi) is 4.43. The molecule has 7 heteroatoms. The van der Waals surface area contributed by atoms with Crippen molar-refractivity contribution >= 4 is 38.9 Å². The minimum Gasteiger partial charge on any atom is -0.456 e. The fourth-order valence-corrected chi connectivity index (χ4v) is 4.53. The lowest BCUT2D eigenvalue weighted by Gasteiger charge is -2.12. The summed E-state index contributed by atoms with van der Waals surface area (Å²) in [4.78, 5) is 30.3. The Labute approximate surface area is 156 Å². The van der Waals surface area contributed by atoms with E-state index in [1.807, 2.05) is 11.4 Å². The van der Waals surface area contributed by atoms with Crippen molar-refractivity contribution < 1.29 is 9.53 Å². The molecule has 0 N–H and O–H groups in total. The molecule has 0 amide bonds. The van der Waals surface area contributed by atoms with E-state index in [1.54, 1.807) is 23.6 Å². The predicted molar refractivity (Wildman–Crippen MR) is 99.2 cm³/mol. The summed E-state index contributed by atoms with van der Waals surface area (Å²) >= 11 is 4.96. The van der Waals surface area contributed by atoms with Crippen molar-refractivity contribution in [1.29, 1.82) is 0 Å². The van der Waals surface area contributed by atoms with Gasteiger partial charge in [-0.15, -0.1) is 11.3 Å². The lowest BCUT2D eigenvalue weighted by Crippen LogP contribution is -2.17. The van der Waals surface area contributed by atoms with Gasteiger partial charge in [0.2, 0.25) is 0 Å². The van der Waals surface area contributed by atoms with Crippen LogP contribution in [-0.2, 0) is 24.2 Å². The van der Waals surface area contributed by atoms with Crippen molar-refractivity contribution in [2.24, 2.45) is 0 Å². The molecule has 0 bridgehead atoms. The monoisotopic (exact) mass is 418 g/mol. The molecule has 1 aliphatic carbocycles. The number of carbonyl (C=O) groups excluding carboxylic acids is 1. The Bertz CT molecular complexity index is 1020. The molecule has 0 saturated carbocycles. The molecular weight excluding hydrogens is 404 g/mol. The zero-order valence-corrected chi connectivity index (χ0v) is 15.7. The van der Waals surface area contributed by atoms with Crippen LogP contribution in [0.15, 0.2) is 39.0 Å². The number of aryl methyl sites for hydroxylation is 1. The summed E-state index contributed by atoms with van der Waals surface area (Å²) in [7, 11) is 0. The Morgan fingerprint density at radius 1 is 1.32 bits per heavy atom. The van der Waals surface area contributed by atoms with E-state index in [-0.39, 0.29) is 18.1 Å². The first-order valence-corrected chi connectivity index (χ1v) is 9.73. The van der Waals surface area contributed by atoms with Crippen molar-refractivity contribution in [2.45, 2.75) is 32.3 Å². The van der Waals surface area contributed by atoms with Gasteiger partial charge in [-0.1, -0.05) is 0 Å². The fourth-order valence-electron chi connectivity index (χ4n) is 3.08. The highest BCUT2D eigenvalue weighted by Gasteiger charge is 2.21. The van der Waals surface area contributed by atoms with Crippen molar-refractivity contribution in [3.63, 3.8) is 0 Å². The van der Waals surface area contributed by atoms with E-state index < -0.39 is 0 Å². The zero-order valence-electron chi connectivity index (χ0n) is 13.3. The minimum atomic E-state index is -0.336. The summed E-state index contributed by atoms with van der Waals surface area (Å²) in [5.41, 5.74) is 2.57. The van der Waals surface area contributed by atoms with Gasteiger partial charge in [-0.3, -0.25) is 9.20 Å². The average molecular weight is 419 g/mol. The first kappa shape index (κ1) is 16.5. The molecular formula is C18H15BrN2O3S. The summed E-state index contributed by atoms with van der Waals surface area (Å²) in [6.45, 7) is -0.00867. The van der Waals surface area contributed by atoms with Crippen LogP contribution < -0.4 is 5.56 Å². The maximum atomic E-state index is 12.4. The van der Waals surface area contributed by atoms with Crippen molar-refractivity contribution in [2.75, 3.05) is 0 Å². The van der Waals surface area contributed by atoms with Crippen LogP contribution in [0.4, 0.5) is 0 Å². The molecule has 4 rings (SSSR count). The number of rotatable bonds is 3. The Hall–Kier alpha value is -1.99. The molecule has 0 saturated heterocycles. The molecule has 3 heterocycles. The molecule has 0 spiro atoms. The van der Waals surface area contributed by atoms with Gasteiger partial charge in [-0.25, -0.2) is 9.78 Å². The first-order chi connectivity index (χ1) is 12.1. The van der Waals surface area contributed by atoms with Gasteiger partial charge in [-0.2, -0.15) is 0 Å². The van der Waals surface area contributed by atoms with Gasteiger partial charge in [0.05, 0.1) is 11.3 Å². The van der Waals surface area contributed by atoms with E-state index in [1.165, 1.54) is 21.8 Å². The van der Waals surface area contributed by atoms with E-state index >= 15 is 0 Å². The number of fused-ring (bicyclic) bond motifs is 2. The lowest BCUT2D eigenvalue weighted by atomic mass is 9.96. The third kappa shape index (κ3) is 3.26. The molecule has 5 nitrogen and oxygen atoms in total. The predicted octanol–water partition coefficient (Wildman–Crippen LogP) is 3.75. The van der Waals surface area contributed by atoms with Crippen LogP contribution in [-0.4, -0.2) is 15.4 Å². The average Bonchev–Trinajstić information content (AvgIpc) is 3.04. The zero-order chi connectivity index (χ0) is 17.4. The molecule has 3 aromatic heterocycles. The number of hydrogen-bond donors (Lipinski definition) is 0. The smallest absolute Gasteiger partial charge is 0.339 e. The number of carbonyl (C=O) groups is 1. The number of thiophene rings is 1. The third-order valence-corrected chi connectivity index (χ3v) is 5.87. The summed E-state index contributed by atoms with van der Waals surface area (Å²) in [6.07, 6.45) is 5.95. The summed E-state index contributed by atoms with van der Waals surface area (Å²) in [5.74, 6) is -0.336. The highest BCUT2D eigenvalue weighted by atomic mass is 79.9. The van der Waals surface area contributed by atoms with Crippen LogP contribution in [0.3, 0.4) is 0 Å². The van der Waals surface area contributed by atoms with Crippen LogP contribution in [0.1, 0.15) is 39.3 Å². The van der Waals surface area contributed by atoms with Crippen molar-refractivity contribution in [3.8, 4) is 0 Å². The molecule has 3 aromatic rings. The Morgan fingerprint density at radius 3 is 3.04 bits per heavy atom. The normalized spacial score (nSPS) is 13.6. The van der Waals surface area contributed by atoms with E-state index in [0.717, 1.165) is 29.3 Å². The van der Waals surface area contributed by atoms with Gasteiger partial charge in [-0.05, 0) is 59.3 Å². The SMILES string of the molecule is O=C(OCc1cc(=O)n2cc(Br)ccc2n1)c1csc2c1CCCC2. The van der Waals surface area contributed by atoms with E-state index in [0.29, 0.717) is 16.9 Å². The second-order valence-corrected chi connectivity index (χ2v) is 7.88. The maximum Gasteiger partial charge on any atom is 0.339 e. The standard InChI is InChI=1S/C18H15BrN2O3S/c19-11-5-6-16-20-12(7-17(22)21(16)8-11)9-24-18(23)14-10-25-15-4-2-1-3-13(14)15/h5-8,10H,1-4,9H2. The van der Waals surface area contributed by atoms with Gasteiger partial charge in [0.25, 0.3) is 5.56 Å². The molecule has 1 aliphatic rings. The van der Waals surface area contributed by atoms with Crippen LogP contribution >= 0.6 is 27.3 Å². The number of hydrogen-bond acceptors (Lipinski definition) is 5. The van der Waals surface area contributed by atoms with E-state index in [4.69, 9.17) is 4.74 Å². The van der Waals surface area contributed by atoms with Crippen LogP contribution in [0, 0.1) is 0 Å². The second-order valence-electron chi connectivity index (χ2n) is 6.00. The molecule has 0 unspecified atom stereocenters. The van der Waals surface area contributed by atoms with Crippen LogP contribution in [0.25, 0.3) is 5.65 Å². The topological polar surface area (TPSA) is 60.7 Å². The van der Waals surface area contributed by atoms with Gasteiger partial charge in [0.15, 0.2) is 0 Å². The minimum absolute atomic E-state index is 0.00867. The number of aromatic nitrogens is 2. The molecule has 128 valence electrons. The van der Waals surface area contributed by atoms with Crippen LogP contribution in [0.2, 0.25) is 0 Å². The molecule has 25 heavy (non-hydrogen) atoms. The van der Waals surface area contributed by atoms with E-state index in [2.05, 4.69) is 20.9 Å². The van der Waals surface area contributed by atoms with Gasteiger partial charge >= 0.3 is 5.97 Å².